The number of methoxy groups -OCH3 is 3. The molecule has 10 heteroatoms. The molecule has 35 heavy (non-hydrogen) atoms. The fraction of sp³-hybridized carbons (Fsp3) is 0.360. The molecule has 1 aromatic heterocycles. The van der Waals surface area contributed by atoms with Gasteiger partial charge < -0.3 is 18.8 Å². The molecule has 3 atom stereocenters. The fourth-order valence-electron chi connectivity index (χ4n) is 4.42. The molecule has 0 bridgehead atoms. The third kappa shape index (κ3) is 5.56. The van der Waals surface area contributed by atoms with E-state index in [4.69, 9.17) is 14.2 Å². The lowest BCUT2D eigenvalue weighted by atomic mass is 9.82. The van der Waals surface area contributed by atoms with Crippen molar-refractivity contribution in [2.45, 2.75) is 37.7 Å². The molecule has 0 aliphatic heterocycles. The number of anilines is 2. The first kappa shape index (κ1) is 25.3. The fourth-order valence-corrected chi connectivity index (χ4v) is 5.84. The van der Waals surface area contributed by atoms with E-state index in [1.165, 1.54) is 49.3 Å². The van der Waals surface area contributed by atoms with E-state index < -0.39 is 17.2 Å². The Morgan fingerprint density at radius 1 is 1.14 bits per heavy atom. The van der Waals surface area contributed by atoms with Crippen LogP contribution in [0.1, 0.15) is 47.5 Å². The zero-order valence-electron chi connectivity index (χ0n) is 19.8. The lowest BCUT2D eigenvalue weighted by molar-refractivity contribution is 0.0600. The summed E-state index contributed by atoms with van der Waals surface area (Å²) >= 11 is -1.32. The molecule has 4 rings (SSSR count). The molecule has 8 nitrogen and oxygen atoms in total. The summed E-state index contributed by atoms with van der Waals surface area (Å²) in [6.45, 7) is 0. The number of carbonyl (C=O) groups is 1. The van der Waals surface area contributed by atoms with Gasteiger partial charge in [-0.05, 0) is 48.9 Å². The largest absolute Gasteiger partial charge is 0.755 e. The van der Waals surface area contributed by atoms with Crippen LogP contribution in [0.2, 0.25) is 0 Å². The van der Waals surface area contributed by atoms with Crippen LogP contribution >= 0.6 is 11.3 Å². The lowest BCUT2D eigenvalue weighted by Gasteiger charge is -2.28. The maximum Gasteiger partial charge on any atom is 0.337 e. The van der Waals surface area contributed by atoms with E-state index in [-0.39, 0.29) is 22.8 Å². The molecule has 3 unspecified atom stereocenters. The number of carbonyl (C=O) groups excluding carboxylic acids is 1. The summed E-state index contributed by atoms with van der Waals surface area (Å²) in [4.78, 5) is 16.4. The maximum absolute atomic E-state index is 12.2. The molecule has 0 amide bonds. The Morgan fingerprint density at radius 3 is 2.57 bits per heavy atom. The highest BCUT2D eigenvalue weighted by atomic mass is 32.2. The number of benzene rings is 2. The summed E-state index contributed by atoms with van der Waals surface area (Å²) in [5, 5.41) is 2.38. The first-order valence-corrected chi connectivity index (χ1v) is 13.1. The van der Waals surface area contributed by atoms with E-state index in [1.54, 1.807) is 12.5 Å². The Morgan fingerprint density at radius 2 is 1.91 bits per heavy atom. The van der Waals surface area contributed by atoms with Crippen LogP contribution in [-0.4, -0.2) is 47.1 Å². The van der Waals surface area contributed by atoms with Crippen LogP contribution in [0.3, 0.4) is 0 Å². The normalized spacial score (nSPS) is 18.6. The van der Waals surface area contributed by atoms with Crippen LogP contribution in [-0.2, 0) is 20.7 Å². The van der Waals surface area contributed by atoms with E-state index in [0.717, 1.165) is 35.6 Å². The minimum atomic E-state index is -2.67. The van der Waals surface area contributed by atoms with Gasteiger partial charge in [-0.2, -0.15) is 0 Å². The van der Waals surface area contributed by atoms with Gasteiger partial charge >= 0.3 is 5.97 Å². The van der Waals surface area contributed by atoms with Crippen molar-refractivity contribution in [2.24, 2.45) is 0 Å². The highest BCUT2D eigenvalue weighted by molar-refractivity contribution is 7.81. The third-order valence-corrected chi connectivity index (χ3v) is 7.82. The summed E-state index contributed by atoms with van der Waals surface area (Å²) < 4.78 is 41.1. The quantitative estimate of drug-likeness (QED) is 0.300. The second-order valence-electron chi connectivity index (χ2n) is 8.24. The van der Waals surface area contributed by atoms with Crippen molar-refractivity contribution in [1.29, 1.82) is 0 Å². The van der Waals surface area contributed by atoms with Crippen LogP contribution < -0.4 is 9.04 Å². The number of esters is 1. The molecular formula is C25H27N2O6S2-. The van der Waals surface area contributed by atoms with Crippen molar-refractivity contribution in [3.05, 3.63) is 59.0 Å². The highest BCUT2D eigenvalue weighted by Gasteiger charge is 2.24. The molecule has 0 saturated heterocycles. The van der Waals surface area contributed by atoms with E-state index in [0.29, 0.717) is 17.0 Å². The third-order valence-electron chi connectivity index (χ3n) is 6.26. The molecule has 1 aliphatic carbocycles. The van der Waals surface area contributed by atoms with Gasteiger partial charge in [0, 0.05) is 18.1 Å². The first-order chi connectivity index (χ1) is 16.9. The predicted molar refractivity (Wildman–Crippen MR) is 135 cm³/mol. The number of hydrogen-bond acceptors (Lipinski definition) is 8. The van der Waals surface area contributed by atoms with E-state index in [9.17, 15) is 13.6 Å². The molecule has 0 radical (unpaired) electrons. The molecule has 3 aromatic rings. The average Bonchev–Trinajstić information content (AvgIpc) is 3.38. The minimum absolute atomic E-state index is 0.206. The van der Waals surface area contributed by atoms with Crippen LogP contribution in [0.5, 0.6) is 5.75 Å². The van der Waals surface area contributed by atoms with E-state index >= 15 is 0 Å². The number of rotatable bonds is 8. The van der Waals surface area contributed by atoms with Gasteiger partial charge in [-0.15, -0.1) is 11.3 Å². The average molecular weight is 516 g/mol. The van der Waals surface area contributed by atoms with Gasteiger partial charge in [0.05, 0.1) is 42.8 Å². The van der Waals surface area contributed by atoms with Gasteiger partial charge in [-0.1, -0.05) is 30.7 Å². The van der Waals surface area contributed by atoms with E-state index in [1.807, 2.05) is 12.1 Å². The van der Waals surface area contributed by atoms with E-state index in [2.05, 4.69) is 17.1 Å². The second-order valence-corrected chi connectivity index (χ2v) is 9.90. The summed E-state index contributed by atoms with van der Waals surface area (Å²) in [5.41, 5.74) is 2.68. The Hall–Kier alpha value is -2.79. The molecule has 1 saturated carbocycles. The van der Waals surface area contributed by atoms with Crippen molar-refractivity contribution in [3.63, 3.8) is 0 Å². The van der Waals surface area contributed by atoms with Crippen molar-refractivity contribution in [2.75, 3.05) is 25.6 Å². The van der Waals surface area contributed by atoms with Gasteiger partial charge in [0.15, 0.2) is 5.82 Å². The summed E-state index contributed by atoms with van der Waals surface area (Å²) in [7, 11) is 4.45. The van der Waals surface area contributed by atoms with Crippen LogP contribution in [0.4, 0.5) is 11.5 Å². The Bertz CT molecular complexity index is 1200. The van der Waals surface area contributed by atoms with Crippen LogP contribution in [0.15, 0.2) is 47.8 Å². The first-order valence-electron chi connectivity index (χ1n) is 11.2. The predicted octanol–water partition coefficient (Wildman–Crippen LogP) is 5.21. The maximum atomic E-state index is 12.2. The monoisotopic (exact) mass is 515 g/mol. The Labute approximate surface area is 211 Å². The SMILES string of the molecule is COC(=O)c1ccc(N(c2csc(-c3ccc(C4CCCC(OC)C4)cc3)n2)S(=O)[O-])c(OC)c1. The van der Waals surface area contributed by atoms with Gasteiger partial charge in [0.25, 0.3) is 0 Å². The Balaban J connectivity index is 1.59. The van der Waals surface area contributed by atoms with Crippen molar-refractivity contribution in [1.82, 2.24) is 4.98 Å². The van der Waals surface area contributed by atoms with Crippen LogP contribution in [0.25, 0.3) is 10.6 Å². The van der Waals surface area contributed by atoms with Gasteiger partial charge in [-0.25, -0.2) is 14.1 Å². The zero-order chi connectivity index (χ0) is 24.9. The number of nitrogens with zero attached hydrogens (tertiary/aromatic N) is 2. The summed E-state index contributed by atoms with van der Waals surface area (Å²) in [5.74, 6) is 0.378. The van der Waals surface area contributed by atoms with Crippen LogP contribution in [0, 0.1) is 0 Å². The molecule has 0 spiro atoms. The smallest absolute Gasteiger partial charge is 0.337 e. The molecule has 0 N–H and O–H groups in total. The molecule has 1 aliphatic rings. The van der Waals surface area contributed by atoms with Crippen molar-refractivity contribution >= 4 is 40.1 Å². The second kappa shape index (κ2) is 11.3. The highest BCUT2D eigenvalue weighted by Crippen LogP contribution is 2.39. The molecule has 1 heterocycles. The lowest BCUT2D eigenvalue weighted by Crippen LogP contribution is -2.21. The molecule has 186 valence electrons. The number of aromatic nitrogens is 1. The number of thiazole rings is 1. The van der Waals surface area contributed by atoms with Crippen molar-refractivity contribution in [3.8, 4) is 16.3 Å². The van der Waals surface area contributed by atoms with Gasteiger partial charge in [0.1, 0.15) is 10.8 Å². The van der Waals surface area contributed by atoms with Gasteiger partial charge in [0.2, 0.25) is 0 Å². The molecular weight excluding hydrogens is 488 g/mol. The topological polar surface area (TPSA) is 101 Å². The standard InChI is InChI=1S/C25H28N2O6S2/c1-31-20-6-4-5-18(13-20)16-7-9-17(10-8-16)24-26-23(15-34-24)27(35(29)30)21-12-11-19(25(28)33-3)14-22(21)32-2/h7-12,14-15,18,20H,4-6,13H2,1-3H3,(H,29,30)/p-1. The molecule has 1 fully saturated rings. The number of hydrogen-bond donors (Lipinski definition) is 0. The zero-order valence-corrected chi connectivity index (χ0v) is 21.4. The molecule has 2 aromatic carbocycles. The minimum Gasteiger partial charge on any atom is -0.755 e. The summed E-state index contributed by atoms with van der Waals surface area (Å²) in [6, 6.07) is 12.7. The summed E-state index contributed by atoms with van der Waals surface area (Å²) in [6.07, 6.45) is 4.76. The Kier molecular flexibility index (Phi) is 8.17. The number of ether oxygens (including phenoxy) is 3. The van der Waals surface area contributed by atoms with Crippen molar-refractivity contribution < 1.29 is 27.8 Å². The van der Waals surface area contributed by atoms with Gasteiger partial charge in [-0.3, -0.25) is 4.21 Å².